The Morgan fingerprint density at radius 2 is 1.96 bits per heavy atom. The Morgan fingerprint density at radius 3 is 2.54 bits per heavy atom. The van der Waals surface area contributed by atoms with Gasteiger partial charge in [0.25, 0.3) is 0 Å². The first kappa shape index (κ1) is 18.7. The number of nitrogens with one attached hydrogen (secondary N) is 1. The summed E-state index contributed by atoms with van der Waals surface area (Å²) in [5.41, 5.74) is 0. The van der Waals surface area contributed by atoms with Crippen molar-refractivity contribution >= 4 is 17.8 Å². The number of carbonyl (C=O) groups excluding carboxylic acids is 2. The zero-order valence-electron chi connectivity index (χ0n) is 14.4. The normalized spacial score (nSPS) is 23.5. The van der Waals surface area contributed by atoms with E-state index in [2.05, 4.69) is 10.2 Å². The maximum Gasteiger partial charge on any atom is 0.326 e. The molecule has 0 spiro atoms. The van der Waals surface area contributed by atoms with Crippen LogP contribution in [0.15, 0.2) is 0 Å². The fraction of sp³-hybridized carbons (Fsp3) is 0.812. The van der Waals surface area contributed by atoms with Crippen LogP contribution >= 0.6 is 0 Å². The summed E-state index contributed by atoms with van der Waals surface area (Å²) in [6.45, 7) is 8.36. The first-order valence-electron chi connectivity index (χ1n) is 8.49. The van der Waals surface area contributed by atoms with Crippen LogP contribution in [0.4, 0.5) is 0 Å². The lowest BCUT2D eigenvalue weighted by Crippen LogP contribution is -2.47. The van der Waals surface area contributed by atoms with Gasteiger partial charge in [-0.1, -0.05) is 13.8 Å². The monoisotopic (exact) mass is 341 g/mol. The second-order valence-electron chi connectivity index (χ2n) is 6.76. The number of rotatable bonds is 7. The highest BCUT2D eigenvalue weighted by molar-refractivity contribution is 5.91. The van der Waals surface area contributed by atoms with E-state index in [1.165, 1.54) is 0 Å². The molecule has 2 aliphatic rings. The molecule has 2 heterocycles. The topological polar surface area (TPSA) is 99.2 Å². The minimum Gasteiger partial charge on any atom is -0.480 e. The molecule has 2 atom stereocenters. The molecule has 2 N–H and O–H groups in total. The van der Waals surface area contributed by atoms with Crippen LogP contribution in [0.5, 0.6) is 0 Å². The predicted octanol–water partition coefficient (Wildman–Crippen LogP) is -0.607. The maximum atomic E-state index is 12.3. The zero-order valence-corrected chi connectivity index (χ0v) is 14.4. The molecule has 0 aliphatic carbocycles. The number of likely N-dealkylation sites (tertiary alicyclic amines) is 1. The summed E-state index contributed by atoms with van der Waals surface area (Å²) >= 11 is 0. The number of ether oxygens (including phenoxy) is 1. The van der Waals surface area contributed by atoms with Crippen LogP contribution in [0, 0.1) is 11.8 Å². The minimum atomic E-state index is -1.05. The number of carboxylic acid groups (broad SMARTS) is 1. The van der Waals surface area contributed by atoms with Crippen LogP contribution in [-0.2, 0) is 19.1 Å². The van der Waals surface area contributed by atoms with Crippen LogP contribution in [0.3, 0.4) is 0 Å². The molecule has 2 fully saturated rings. The lowest BCUT2D eigenvalue weighted by molar-refractivity contribution is -0.143. The smallest absolute Gasteiger partial charge is 0.326 e. The average Bonchev–Trinajstić information content (AvgIpc) is 2.92. The first-order chi connectivity index (χ1) is 11.4. The molecule has 0 aromatic carbocycles. The molecule has 0 bridgehead atoms. The van der Waals surface area contributed by atoms with E-state index in [4.69, 9.17) is 9.84 Å². The molecular weight excluding hydrogens is 314 g/mol. The van der Waals surface area contributed by atoms with E-state index in [1.54, 1.807) is 18.7 Å². The van der Waals surface area contributed by atoms with E-state index in [9.17, 15) is 14.4 Å². The van der Waals surface area contributed by atoms with E-state index < -0.39 is 17.9 Å². The van der Waals surface area contributed by atoms with Crippen molar-refractivity contribution in [3.05, 3.63) is 0 Å². The quantitative estimate of drug-likeness (QED) is 0.641. The Balaban J connectivity index is 1.82. The van der Waals surface area contributed by atoms with E-state index in [0.29, 0.717) is 26.3 Å². The molecule has 24 heavy (non-hydrogen) atoms. The van der Waals surface area contributed by atoms with Gasteiger partial charge >= 0.3 is 5.97 Å². The fourth-order valence-corrected chi connectivity index (χ4v) is 3.04. The SMILES string of the molecule is CC(C)[C@@H](NC(=O)C1CC(=O)N(CCN2CCOCC2)C1)C(=O)O. The maximum absolute atomic E-state index is 12.3. The number of nitrogens with zero attached hydrogens (tertiary/aromatic N) is 2. The number of morpholine rings is 1. The van der Waals surface area contributed by atoms with E-state index in [-0.39, 0.29) is 24.2 Å². The second kappa shape index (κ2) is 8.43. The summed E-state index contributed by atoms with van der Waals surface area (Å²) in [6.07, 6.45) is 0.152. The standard InChI is InChI=1S/C16H27N3O5/c1-11(2)14(16(22)23)17-15(21)12-9-13(20)19(10-12)4-3-18-5-7-24-8-6-18/h11-12,14H,3-10H2,1-2H3,(H,17,21)(H,22,23)/t12?,14-/m1/s1. The number of carboxylic acids is 1. The highest BCUT2D eigenvalue weighted by Crippen LogP contribution is 2.18. The summed E-state index contributed by atoms with van der Waals surface area (Å²) in [4.78, 5) is 39.5. The van der Waals surface area contributed by atoms with Gasteiger partial charge in [0.1, 0.15) is 6.04 Å². The molecule has 2 aliphatic heterocycles. The molecule has 0 saturated carbocycles. The van der Waals surface area contributed by atoms with Gasteiger partial charge in [-0.05, 0) is 5.92 Å². The van der Waals surface area contributed by atoms with Gasteiger partial charge < -0.3 is 20.1 Å². The van der Waals surface area contributed by atoms with Crippen molar-refractivity contribution in [2.45, 2.75) is 26.3 Å². The molecule has 0 radical (unpaired) electrons. The number of amides is 2. The molecular formula is C16H27N3O5. The Kier molecular flexibility index (Phi) is 6.56. The molecule has 0 aromatic rings. The highest BCUT2D eigenvalue weighted by Gasteiger charge is 2.36. The third-order valence-corrected chi connectivity index (χ3v) is 4.61. The Morgan fingerprint density at radius 1 is 1.29 bits per heavy atom. The predicted molar refractivity (Wildman–Crippen MR) is 86.4 cm³/mol. The van der Waals surface area contributed by atoms with Crippen molar-refractivity contribution in [3.63, 3.8) is 0 Å². The highest BCUT2D eigenvalue weighted by atomic mass is 16.5. The lowest BCUT2D eigenvalue weighted by atomic mass is 10.0. The largest absolute Gasteiger partial charge is 0.480 e. The molecule has 8 nitrogen and oxygen atoms in total. The third-order valence-electron chi connectivity index (χ3n) is 4.61. The molecule has 2 amide bonds. The minimum absolute atomic E-state index is 0.0418. The molecule has 0 aromatic heterocycles. The van der Waals surface area contributed by atoms with Gasteiger partial charge in [0.2, 0.25) is 11.8 Å². The van der Waals surface area contributed by atoms with E-state index in [1.807, 2.05) is 0 Å². The van der Waals surface area contributed by atoms with Gasteiger partial charge in [-0.25, -0.2) is 4.79 Å². The number of hydrogen-bond donors (Lipinski definition) is 2. The molecule has 136 valence electrons. The molecule has 2 rings (SSSR count). The van der Waals surface area contributed by atoms with E-state index >= 15 is 0 Å². The number of carbonyl (C=O) groups is 3. The summed E-state index contributed by atoms with van der Waals surface area (Å²) in [6, 6.07) is -0.921. The van der Waals surface area contributed by atoms with Crippen LogP contribution in [0.2, 0.25) is 0 Å². The van der Waals surface area contributed by atoms with Crippen molar-refractivity contribution in [2.75, 3.05) is 45.9 Å². The van der Waals surface area contributed by atoms with Gasteiger partial charge in [-0.3, -0.25) is 14.5 Å². The number of hydrogen-bond acceptors (Lipinski definition) is 5. The summed E-state index contributed by atoms with van der Waals surface area (Å²) in [5, 5.41) is 11.7. The van der Waals surface area contributed by atoms with Crippen molar-refractivity contribution in [3.8, 4) is 0 Å². The van der Waals surface area contributed by atoms with Gasteiger partial charge in [-0.2, -0.15) is 0 Å². The second-order valence-corrected chi connectivity index (χ2v) is 6.76. The Hall–Kier alpha value is -1.67. The zero-order chi connectivity index (χ0) is 17.7. The van der Waals surface area contributed by atoms with Crippen molar-refractivity contribution in [2.24, 2.45) is 11.8 Å². The lowest BCUT2D eigenvalue weighted by Gasteiger charge is -2.28. The van der Waals surface area contributed by atoms with Gasteiger partial charge in [0, 0.05) is 39.1 Å². The molecule has 1 unspecified atom stereocenters. The van der Waals surface area contributed by atoms with Crippen molar-refractivity contribution in [1.29, 1.82) is 0 Å². The molecule has 2 saturated heterocycles. The summed E-state index contributed by atoms with van der Waals surface area (Å²) in [5.74, 6) is -2.12. The summed E-state index contributed by atoms with van der Waals surface area (Å²) < 4.78 is 5.29. The van der Waals surface area contributed by atoms with Crippen LogP contribution in [-0.4, -0.2) is 84.7 Å². The van der Waals surface area contributed by atoms with Gasteiger partial charge in [0.05, 0.1) is 19.1 Å². The third kappa shape index (κ3) is 4.91. The average molecular weight is 341 g/mol. The van der Waals surface area contributed by atoms with Gasteiger partial charge in [0.15, 0.2) is 0 Å². The Labute approximate surface area is 142 Å². The molecule has 8 heteroatoms. The van der Waals surface area contributed by atoms with Crippen molar-refractivity contribution < 1.29 is 24.2 Å². The summed E-state index contributed by atoms with van der Waals surface area (Å²) in [7, 11) is 0. The fourth-order valence-electron chi connectivity index (χ4n) is 3.04. The van der Waals surface area contributed by atoms with Crippen LogP contribution < -0.4 is 5.32 Å². The Bertz CT molecular complexity index is 476. The van der Waals surface area contributed by atoms with Crippen LogP contribution in [0.25, 0.3) is 0 Å². The van der Waals surface area contributed by atoms with E-state index in [0.717, 1.165) is 19.6 Å². The number of aliphatic carboxylic acids is 1. The van der Waals surface area contributed by atoms with Crippen LogP contribution in [0.1, 0.15) is 20.3 Å². The first-order valence-corrected chi connectivity index (χ1v) is 8.49. The van der Waals surface area contributed by atoms with Gasteiger partial charge in [-0.15, -0.1) is 0 Å². The van der Waals surface area contributed by atoms with Crippen molar-refractivity contribution in [1.82, 2.24) is 15.1 Å².